The summed E-state index contributed by atoms with van der Waals surface area (Å²) in [5, 5.41) is 0. The highest BCUT2D eigenvalue weighted by molar-refractivity contribution is 7.99. The standard InChI is InChI=1S/C8H7ClF2S/c9-5-6-3-1-2-4-7(6)12-8(10)11/h1-4,8H,5H2. The van der Waals surface area contributed by atoms with Crippen LogP contribution in [0.15, 0.2) is 29.2 Å². The molecule has 1 aromatic rings. The molecule has 0 nitrogen and oxygen atoms in total. The van der Waals surface area contributed by atoms with Gasteiger partial charge >= 0.3 is 0 Å². The smallest absolute Gasteiger partial charge is 0.198 e. The van der Waals surface area contributed by atoms with E-state index in [2.05, 4.69) is 0 Å². The monoisotopic (exact) mass is 208 g/mol. The van der Waals surface area contributed by atoms with E-state index >= 15 is 0 Å². The van der Waals surface area contributed by atoms with E-state index in [4.69, 9.17) is 11.6 Å². The van der Waals surface area contributed by atoms with Crippen molar-refractivity contribution in [3.63, 3.8) is 0 Å². The molecule has 0 heterocycles. The molecule has 1 rings (SSSR count). The highest BCUT2D eigenvalue weighted by Gasteiger charge is 2.07. The van der Waals surface area contributed by atoms with Crippen LogP contribution < -0.4 is 0 Å². The molecule has 0 aromatic heterocycles. The van der Waals surface area contributed by atoms with E-state index in [0.29, 0.717) is 16.7 Å². The van der Waals surface area contributed by atoms with Crippen LogP contribution in [0, 0.1) is 0 Å². The highest BCUT2D eigenvalue weighted by Crippen LogP contribution is 2.28. The molecule has 0 saturated carbocycles. The summed E-state index contributed by atoms with van der Waals surface area (Å²) >= 11 is 6.09. The third kappa shape index (κ3) is 2.64. The Balaban J connectivity index is 2.82. The van der Waals surface area contributed by atoms with Crippen molar-refractivity contribution in [1.82, 2.24) is 0 Å². The van der Waals surface area contributed by atoms with Gasteiger partial charge in [-0.1, -0.05) is 30.0 Å². The fourth-order valence-corrected chi connectivity index (χ4v) is 1.78. The average molecular weight is 209 g/mol. The Bertz CT molecular complexity index is 253. The van der Waals surface area contributed by atoms with Gasteiger partial charge in [0.25, 0.3) is 5.76 Å². The molecule has 66 valence electrons. The number of hydrogen-bond acceptors (Lipinski definition) is 1. The van der Waals surface area contributed by atoms with Gasteiger partial charge in [-0.3, -0.25) is 0 Å². The van der Waals surface area contributed by atoms with Crippen molar-refractivity contribution in [2.24, 2.45) is 0 Å². The molecule has 12 heavy (non-hydrogen) atoms. The second-order valence-electron chi connectivity index (χ2n) is 2.12. The normalized spacial score (nSPS) is 10.7. The van der Waals surface area contributed by atoms with E-state index in [1.54, 1.807) is 24.3 Å². The van der Waals surface area contributed by atoms with Crippen LogP contribution in [0.2, 0.25) is 0 Å². The van der Waals surface area contributed by atoms with Gasteiger partial charge < -0.3 is 0 Å². The van der Waals surface area contributed by atoms with Gasteiger partial charge in [-0.2, -0.15) is 8.78 Å². The highest BCUT2D eigenvalue weighted by atomic mass is 35.5. The minimum Gasteiger partial charge on any atom is -0.198 e. The van der Waals surface area contributed by atoms with Crippen LogP contribution in [0.1, 0.15) is 5.56 Å². The Morgan fingerprint density at radius 1 is 1.33 bits per heavy atom. The largest absolute Gasteiger partial charge is 0.288 e. The molecule has 4 heteroatoms. The summed E-state index contributed by atoms with van der Waals surface area (Å²) in [5.74, 6) is -2.11. The number of thioether (sulfide) groups is 1. The number of halogens is 3. The Labute approximate surface area is 78.9 Å². The van der Waals surface area contributed by atoms with E-state index in [9.17, 15) is 8.78 Å². The molecule has 0 radical (unpaired) electrons. The lowest BCUT2D eigenvalue weighted by molar-refractivity contribution is 0.252. The first-order valence-electron chi connectivity index (χ1n) is 3.32. The minimum absolute atomic E-state index is 0.274. The van der Waals surface area contributed by atoms with Crippen molar-refractivity contribution >= 4 is 23.4 Å². The molecule has 0 spiro atoms. The fourth-order valence-electron chi connectivity index (χ4n) is 0.825. The number of alkyl halides is 3. The summed E-state index contributed by atoms with van der Waals surface area (Å²) in [6, 6.07) is 6.90. The molecule has 0 N–H and O–H groups in total. The van der Waals surface area contributed by atoms with Gasteiger partial charge in [-0.25, -0.2) is 0 Å². The number of benzene rings is 1. The second kappa shape index (κ2) is 4.67. The first kappa shape index (κ1) is 9.81. The van der Waals surface area contributed by atoms with Gasteiger partial charge in [0.2, 0.25) is 0 Å². The quantitative estimate of drug-likeness (QED) is 0.539. The van der Waals surface area contributed by atoms with Gasteiger partial charge in [0, 0.05) is 10.8 Å². The SMILES string of the molecule is FC(F)Sc1ccccc1CCl. The van der Waals surface area contributed by atoms with Gasteiger partial charge in [-0.15, -0.1) is 11.6 Å². The van der Waals surface area contributed by atoms with Crippen molar-refractivity contribution in [2.75, 3.05) is 0 Å². The van der Waals surface area contributed by atoms with E-state index in [1.807, 2.05) is 0 Å². The van der Waals surface area contributed by atoms with E-state index in [-0.39, 0.29) is 5.88 Å². The molecule has 0 aliphatic rings. The zero-order valence-corrected chi connectivity index (χ0v) is 7.71. The Morgan fingerprint density at radius 2 is 2.00 bits per heavy atom. The van der Waals surface area contributed by atoms with Crippen LogP contribution in [0.5, 0.6) is 0 Å². The summed E-state index contributed by atoms with van der Waals surface area (Å²) < 4.78 is 23.9. The summed E-state index contributed by atoms with van der Waals surface area (Å²) in [5.41, 5.74) is 0.754. The van der Waals surface area contributed by atoms with Crippen LogP contribution >= 0.6 is 23.4 Å². The molecular formula is C8H7ClF2S. The van der Waals surface area contributed by atoms with Crippen LogP contribution in [0.25, 0.3) is 0 Å². The lowest BCUT2D eigenvalue weighted by Crippen LogP contribution is -1.86. The Hall–Kier alpha value is -0.280. The Kier molecular flexibility index (Phi) is 3.82. The maximum atomic E-state index is 12.0. The zero-order chi connectivity index (χ0) is 8.97. The molecule has 0 bridgehead atoms. The molecule has 0 amide bonds. The molecule has 1 aromatic carbocycles. The van der Waals surface area contributed by atoms with Gasteiger partial charge in [0.05, 0.1) is 0 Å². The number of hydrogen-bond donors (Lipinski definition) is 0. The second-order valence-corrected chi connectivity index (χ2v) is 3.42. The molecule has 0 saturated heterocycles. The van der Waals surface area contributed by atoms with Crippen LogP contribution in [0.3, 0.4) is 0 Å². The molecule has 0 aliphatic heterocycles. The van der Waals surface area contributed by atoms with Crippen LogP contribution in [-0.2, 0) is 5.88 Å². The van der Waals surface area contributed by atoms with Crippen LogP contribution in [-0.4, -0.2) is 5.76 Å². The van der Waals surface area contributed by atoms with Gasteiger partial charge in [-0.05, 0) is 11.6 Å². The van der Waals surface area contributed by atoms with E-state index in [0.717, 1.165) is 5.56 Å². The molecule has 0 atom stereocenters. The maximum absolute atomic E-state index is 12.0. The third-order valence-corrected chi connectivity index (χ3v) is 2.45. The number of rotatable bonds is 3. The molecule has 0 aliphatic carbocycles. The lowest BCUT2D eigenvalue weighted by atomic mass is 10.2. The van der Waals surface area contributed by atoms with E-state index < -0.39 is 5.76 Å². The molecule has 0 fully saturated rings. The first-order valence-corrected chi connectivity index (χ1v) is 4.74. The molecule has 0 unspecified atom stereocenters. The molecular weight excluding hydrogens is 202 g/mol. The summed E-state index contributed by atoms with van der Waals surface area (Å²) in [6.07, 6.45) is 0. The summed E-state index contributed by atoms with van der Waals surface area (Å²) in [4.78, 5) is 0.558. The zero-order valence-electron chi connectivity index (χ0n) is 6.14. The fraction of sp³-hybridized carbons (Fsp3) is 0.250. The van der Waals surface area contributed by atoms with Crippen molar-refractivity contribution in [2.45, 2.75) is 16.5 Å². The summed E-state index contributed by atoms with van der Waals surface area (Å²) in [7, 11) is 0. The topological polar surface area (TPSA) is 0 Å². The third-order valence-electron chi connectivity index (χ3n) is 1.33. The van der Waals surface area contributed by atoms with Crippen molar-refractivity contribution in [3.05, 3.63) is 29.8 Å². The average Bonchev–Trinajstić information content (AvgIpc) is 2.04. The first-order chi connectivity index (χ1) is 5.74. The van der Waals surface area contributed by atoms with Gasteiger partial charge in [0.15, 0.2) is 0 Å². The maximum Gasteiger partial charge on any atom is 0.288 e. The van der Waals surface area contributed by atoms with Crippen molar-refractivity contribution < 1.29 is 8.78 Å². The summed E-state index contributed by atoms with van der Waals surface area (Å²) in [6.45, 7) is 0. The van der Waals surface area contributed by atoms with E-state index in [1.165, 1.54) is 0 Å². The minimum atomic E-state index is -2.38. The van der Waals surface area contributed by atoms with Crippen molar-refractivity contribution in [3.8, 4) is 0 Å². The lowest BCUT2D eigenvalue weighted by Gasteiger charge is -2.04. The van der Waals surface area contributed by atoms with Gasteiger partial charge in [0.1, 0.15) is 0 Å². The Morgan fingerprint density at radius 3 is 2.58 bits per heavy atom. The van der Waals surface area contributed by atoms with Crippen molar-refractivity contribution in [1.29, 1.82) is 0 Å². The predicted molar refractivity (Wildman–Crippen MR) is 47.9 cm³/mol. The van der Waals surface area contributed by atoms with Crippen LogP contribution in [0.4, 0.5) is 8.78 Å². The predicted octanol–water partition coefficient (Wildman–Crippen LogP) is 3.74.